The highest BCUT2D eigenvalue weighted by molar-refractivity contribution is 5.69. The predicted molar refractivity (Wildman–Crippen MR) is 148 cm³/mol. The number of methoxy groups -OCH3 is 2. The molecular formula is C28H54O13. The maximum Gasteiger partial charge on any atom is 0.417 e. The van der Waals surface area contributed by atoms with Gasteiger partial charge in [-0.1, -0.05) is 12.8 Å². The number of carboxylic acids is 1. The Morgan fingerprint density at radius 2 is 1.17 bits per heavy atom. The van der Waals surface area contributed by atoms with E-state index in [2.05, 4.69) is 0 Å². The van der Waals surface area contributed by atoms with Crippen molar-refractivity contribution in [3.63, 3.8) is 0 Å². The third kappa shape index (κ3) is 11.6. The van der Waals surface area contributed by atoms with Gasteiger partial charge in [-0.3, -0.25) is 9.59 Å². The average molecular weight is 599 g/mol. The lowest BCUT2D eigenvalue weighted by molar-refractivity contribution is -0.560. The van der Waals surface area contributed by atoms with Crippen molar-refractivity contribution in [2.75, 3.05) is 53.9 Å². The number of carboxylic acid groups (broad SMARTS) is 1. The molecule has 1 N–H and O–H groups in total. The van der Waals surface area contributed by atoms with Crippen molar-refractivity contribution in [2.45, 2.75) is 117 Å². The van der Waals surface area contributed by atoms with E-state index < -0.39 is 42.1 Å². The summed E-state index contributed by atoms with van der Waals surface area (Å²) in [6.07, 6.45) is 0.224. The molecule has 41 heavy (non-hydrogen) atoms. The van der Waals surface area contributed by atoms with E-state index in [4.69, 9.17) is 52.5 Å². The molecule has 13 nitrogen and oxygen atoms in total. The standard InChI is InChI=1S/C28H54O13/c1-10-34-25(32-8)26(35-11-2,36-12-3)22(7)40-28(39-15-6,27(33-9,37-13-4)38-14-5)41-24(31)21-19-17-16-18-20-23(29)30/h22,25H,10-21H2,1-9H3,(H,29,30). The fourth-order valence-corrected chi connectivity index (χ4v) is 4.31. The van der Waals surface area contributed by atoms with Gasteiger partial charge in [0.15, 0.2) is 0 Å². The molecule has 0 radical (unpaired) electrons. The van der Waals surface area contributed by atoms with Gasteiger partial charge >= 0.3 is 23.9 Å². The van der Waals surface area contributed by atoms with E-state index in [9.17, 15) is 9.59 Å². The van der Waals surface area contributed by atoms with Crippen LogP contribution in [0.5, 0.6) is 0 Å². The second kappa shape index (κ2) is 21.3. The van der Waals surface area contributed by atoms with E-state index >= 15 is 0 Å². The topological polar surface area (TPSA) is 147 Å². The van der Waals surface area contributed by atoms with Crippen LogP contribution < -0.4 is 0 Å². The minimum absolute atomic E-state index is 0.000609. The summed E-state index contributed by atoms with van der Waals surface area (Å²) in [5, 5.41) is 8.83. The van der Waals surface area contributed by atoms with Crippen molar-refractivity contribution < 1.29 is 62.1 Å². The Labute approximate surface area is 245 Å². The summed E-state index contributed by atoms with van der Waals surface area (Å²) in [6, 6.07) is 0. The van der Waals surface area contributed by atoms with Gasteiger partial charge in [-0.25, -0.2) is 0 Å². The first-order valence-corrected chi connectivity index (χ1v) is 14.6. The first kappa shape index (κ1) is 39.6. The molecule has 3 atom stereocenters. The molecule has 0 fully saturated rings. The predicted octanol–water partition coefficient (Wildman–Crippen LogP) is 4.20. The first-order chi connectivity index (χ1) is 19.6. The highest BCUT2D eigenvalue weighted by Crippen LogP contribution is 2.40. The molecule has 244 valence electrons. The van der Waals surface area contributed by atoms with Gasteiger partial charge in [0.05, 0.1) is 6.61 Å². The molecule has 0 aromatic heterocycles. The van der Waals surface area contributed by atoms with Gasteiger partial charge in [0.25, 0.3) is 0 Å². The Kier molecular flexibility index (Phi) is 20.6. The number of carbonyl (C=O) groups is 2. The summed E-state index contributed by atoms with van der Waals surface area (Å²) < 4.78 is 59.6. The molecule has 0 rings (SSSR count). The van der Waals surface area contributed by atoms with E-state index in [-0.39, 0.29) is 52.5 Å². The van der Waals surface area contributed by atoms with E-state index in [1.54, 1.807) is 48.5 Å². The minimum atomic E-state index is -2.38. The zero-order valence-corrected chi connectivity index (χ0v) is 26.5. The molecule has 0 aliphatic rings. The van der Waals surface area contributed by atoms with Gasteiger partial charge < -0.3 is 52.5 Å². The summed E-state index contributed by atoms with van der Waals surface area (Å²) in [6.45, 7) is 13.0. The van der Waals surface area contributed by atoms with Gasteiger partial charge in [0, 0.05) is 60.1 Å². The number of esters is 1. The Hall–Kier alpha value is -1.42. The van der Waals surface area contributed by atoms with E-state index in [1.165, 1.54) is 14.2 Å². The number of rotatable bonds is 27. The van der Waals surface area contributed by atoms with E-state index in [0.717, 1.165) is 0 Å². The Morgan fingerprint density at radius 3 is 1.59 bits per heavy atom. The van der Waals surface area contributed by atoms with Crippen molar-refractivity contribution in [2.24, 2.45) is 0 Å². The Bertz CT molecular complexity index is 692. The normalized spacial score (nSPS) is 15.3. The molecule has 0 heterocycles. The third-order valence-electron chi connectivity index (χ3n) is 5.92. The van der Waals surface area contributed by atoms with Gasteiger partial charge in [0.1, 0.15) is 6.10 Å². The van der Waals surface area contributed by atoms with Crippen molar-refractivity contribution in [3.05, 3.63) is 0 Å². The lowest BCUT2D eigenvalue weighted by Gasteiger charge is -2.48. The SMILES string of the molecule is CCOC(OC)C(OCC)(OCC)C(C)OC(OCC)(OC(=O)CCCCCCC(=O)O)C(OC)(OCC)OCC. The molecule has 0 saturated carbocycles. The number of aliphatic carboxylic acids is 1. The first-order valence-electron chi connectivity index (χ1n) is 14.6. The van der Waals surface area contributed by atoms with Crippen molar-refractivity contribution in [1.29, 1.82) is 0 Å². The molecule has 0 aliphatic heterocycles. The molecule has 0 aromatic rings. The highest BCUT2D eigenvalue weighted by atomic mass is 17.0. The van der Waals surface area contributed by atoms with Crippen LogP contribution in [0.4, 0.5) is 0 Å². The second-order valence-electron chi connectivity index (χ2n) is 8.77. The van der Waals surface area contributed by atoms with Gasteiger partial charge in [-0.05, 0) is 61.3 Å². The molecule has 13 heteroatoms. The maximum atomic E-state index is 13.3. The molecular weight excluding hydrogens is 544 g/mol. The molecule has 0 aliphatic carbocycles. The van der Waals surface area contributed by atoms with E-state index in [0.29, 0.717) is 25.7 Å². The summed E-state index contributed by atoms with van der Waals surface area (Å²) in [7, 11) is 2.77. The Morgan fingerprint density at radius 1 is 0.683 bits per heavy atom. The number of unbranched alkanes of at least 4 members (excludes halogenated alkanes) is 3. The molecule has 0 aromatic carbocycles. The van der Waals surface area contributed by atoms with Crippen LogP contribution in [-0.2, 0) is 57.0 Å². The van der Waals surface area contributed by atoms with Crippen LogP contribution in [0.2, 0.25) is 0 Å². The Balaban J connectivity index is 6.59. The van der Waals surface area contributed by atoms with Crippen LogP contribution in [0.15, 0.2) is 0 Å². The van der Waals surface area contributed by atoms with Crippen LogP contribution >= 0.6 is 0 Å². The number of carbonyl (C=O) groups excluding carboxylic acids is 1. The lowest BCUT2D eigenvalue weighted by atomic mass is 10.1. The van der Waals surface area contributed by atoms with Crippen LogP contribution in [0.1, 0.15) is 87.0 Å². The maximum absolute atomic E-state index is 13.3. The summed E-state index contributed by atoms with van der Waals surface area (Å²) >= 11 is 0. The quantitative estimate of drug-likeness (QED) is 0.0819. The number of hydrogen-bond acceptors (Lipinski definition) is 12. The van der Waals surface area contributed by atoms with Crippen LogP contribution in [0.3, 0.4) is 0 Å². The van der Waals surface area contributed by atoms with Gasteiger partial charge in [-0.15, -0.1) is 0 Å². The molecule has 3 unspecified atom stereocenters. The third-order valence-corrected chi connectivity index (χ3v) is 5.92. The van der Waals surface area contributed by atoms with Gasteiger partial charge in [-0.2, -0.15) is 0 Å². The van der Waals surface area contributed by atoms with Crippen molar-refractivity contribution in [1.82, 2.24) is 0 Å². The smallest absolute Gasteiger partial charge is 0.417 e. The summed E-state index contributed by atoms with van der Waals surface area (Å²) in [4.78, 5) is 24.0. The van der Waals surface area contributed by atoms with Crippen molar-refractivity contribution >= 4 is 11.9 Å². The lowest BCUT2D eigenvalue weighted by Crippen LogP contribution is -2.68. The molecule has 0 spiro atoms. The molecule has 0 amide bonds. The second-order valence-corrected chi connectivity index (χ2v) is 8.77. The number of hydrogen-bond donors (Lipinski definition) is 1. The molecule has 0 saturated heterocycles. The van der Waals surface area contributed by atoms with Crippen LogP contribution in [-0.4, -0.2) is 101 Å². The fraction of sp³-hybridized carbons (Fsp3) is 0.929. The van der Waals surface area contributed by atoms with Crippen molar-refractivity contribution in [3.8, 4) is 0 Å². The zero-order valence-electron chi connectivity index (χ0n) is 26.5. The highest BCUT2D eigenvalue weighted by Gasteiger charge is 2.65. The number of ether oxygens (including phenoxy) is 10. The average Bonchev–Trinajstić information content (AvgIpc) is 2.93. The minimum Gasteiger partial charge on any atom is -0.481 e. The summed E-state index contributed by atoms with van der Waals surface area (Å²) in [5.74, 6) is -7.68. The van der Waals surface area contributed by atoms with Crippen LogP contribution in [0, 0.1) is 0 Å². The van der Waals surface area contributed by atoms with E-state index in [1.807, 2.05) is 0 Å². The summed E-state index contributed by atoms with van der Waals surface area (Å²) in [5.41, 5.74) is 0. The molecule has 0 bridgehead atoms. The fourth-order valence-electron chi connectivity index (χ4n) is 4.31. The zero-order chi connectivity index (χ0) is 31.4. The van der Waals surface area contributed by atoms with Gasteiger partial charge in [0.2, 0.25) is 12.1 Å². The largest absolute Gasteiger partial charge is 0.481 e. The van der Waals surface area contributed by atoms with Crippen LogP contribution in [0.25, 0.3) is 0 Å². The monoisotopic (exact) mass is 598 g/mol.